The topological polar surface area (TPSA) is 111 Å². The van der Waals surface area contributed by atoms with Gasteiger partial charge >= 0.3 is 6.03 Å². The lowest BCUT2D eigenvalue weighted by Gasteiger charge is -2.31. The van der Waals surface area contributed by atoms with Gasteiger partial charge in [-0.25, -0.2) is 4.79 Å². The van der Waals surface area contributed by atoms with Crippen LogP contribution >= 0.6 is 0 Å². The van der Waals surface area contributed by atoms with Crippen molar-refractivity contribution in [1.82, 2.24) is 29.8 Å². The molecule has 0 aromatic carbocycles. The number of carbonyl (C=O) groups excluding carboxylic acids is 2. The van der Waals surface area contributed by atoms with Crippen LogP contribution in [0.15, 0.2) is 12.4 Å². The van der Waals surface area contributed by atoms with E-state index in [0.29, 0.717) is 30.0 Å². The standard InChI is InChI=1S/C16H23N7O2/c1-16(2,3)19-15(25)22-5-6-23-11(9-22)12(14(17)24)13(20-23)10-7-18-21(4)8-10/h7-8H,5-6,9H2,1-4H3,(H2,17,24)(H,19,25). The molecule has 2 aromatic rings. The van der Waals surface area contributed by atoms with Gasteiger partial charge in [-0.1, -0.05) is 0 Å². The highest BCUT2D eigenvalue weighted by Gasteiger charge is 2.30. The summed E-state index contributed by atoms with van der Waals surface area (Å²) in [5.41, 5.74) is 7.52. The number of hydrogen-bond donors (Lipinski definition) is 2. The van der Waals surface area contributed by atoms with Crippen LogP contribution in [0, 0.1) is 0 Å². The van der Waals surface area contributed by atoms with Crippen LogP contribution in [-0.2, 0) is 20.1 Å². The van der Waals surface area contributed by atoms with Crippen molar-refractivity contribution in [1.29, 1.82) is 0 Å². The molecule has 0 saturated carbocycles. The van der Waals surface area contributed by atoms with Crippen molar-refractivity contribution in [3.63, 3.8) is 0 Å². The largest absolute Gasteiger partial charge is 0.365 e. The fourth-order valence-corrected chi connectivity index (χ4v) is 2.90. The van der Waals surface area contributed by atoms with Crippen molar-refractivity contribution in [2.75, 3.05) is 6.54 Å². The Morgan fingerprint density at radius 1 is 1.28 bits per heavy atom. The summed E-state index contributed by atoms with van der Waals surface area (Å²) < 4.78 is 3.39. The average Bonchev–Trinajstić information content (AvgIpc) is 3.07. The first-order chi connectivity index (χ1) is 11.7. The predicted molar refractivity (Wildman–Crippen MR) is 91.6 cm³/mol. The Labute approximate surface area is 145 Å². The maximum absolute atomic E-state index is 12.4. The Hall–Kier alpha value is -2.84. The SMILES string of the molecule is Cn1cc(-c2nn3c(c2C(N)=O)CN(C(=O)NC(C)(C)C)CC3)cn1. The molecule has 3 amide bonds. The van der Waals surface area contributed by atoms with E-state index in [9.17, 15) is 9.59 Å². The molecular weight excluding hydrogens is 322 g/mol. The van der Waals surface area contributed by atoms with Gasteiger partial charge in [0.05, 0.1) is 30.5 Å². The van der Waals surface area contributed by atoms with Gasteiger partial charge in [0.25, 0.3) is 5.91 Å². The van der Waals surface area contributed by atoms with Gasteiger partial charge in [-0.2, -0.15) is 10.2 Å². The van der Waals surface area contributed by atoms with Gasteiger partial charge in [0.2, 0.25) is 0 Å². The minimum atomic E-state index is -0.557. The third-order valence-electron chi connectivity index (χ3n) is 3.97. The highest BCUT2D eigenvalue weighted by atomic mass is 16.2. The first-order valence-electron chi connectivity index (χ1n) is 8.11. The van der Waals surface area contributed by atoms with Crippen molar-refractivity contribution < 1.29 is 9.59 Å². The number of primary amides is 1. The molecule has 0 saturated heterocycles. The maximum atomic E-state index is 12.4. The van der Waals surface area contributed by atoms with Crippen LogP contribution in [0.5, 0.6) is 0 Å². The van der Waals surface area contributed by atoms with Crippen LogP contribution in [-0.4, -0.2) is 48.5 Å². The monoisotopic (exact) mass is 345 g/mol. The molecule has 25 heavy (non-hydrogen) atoms. The lowest BCUT2D eigenvalue weighted by molar-refractivity contribution is 0.0997. The van der Waals surface area contributed by atoms with Crippen LogP contribution in [0.3, 0.4) is 0 Å². The van der Waals surface area contributed by atoms with E-state index in [4.69, 9.17) is 5.73 Å². The minimum Gasteiger partial charge on any atom is -0.365 e. The molecule has 0 unspecified atom stereocenters. The third-order valence-corrected chi connectivity index (χ3v) is 3.97. The van der Waals surface area contributed by atoms with Gasteiger partial charge < -0.3 is 16.0 Å². The molecular formula is C16H23N7O2. The van der Waals surface area contributed by atoms with E-state index >= 15 is 0 Å². The van der Waals surface area contributed by atoms with Crippen LogP contribution in [0.4, 0.5) is 4.79 Å². The van der Waals surface area contributed by atoms with Gasteiger partial charge in [0, 0.05) is 30.9 Å². The van der Waals surface area contributed by atoms with Crippen LogP contribution in [0.2, 0.25) is 0 Å². The second-order valence-electron chi connectivity index (χ2n) is 7.26. The summed E-state index contributed by atoms with van der Waals surface area (Å²) in [5, 5.41) is 11.6. The number of fused-ring (bicyclic) bond motifs is 1. The third kappa shape index (κ3) is 3.35. The molecule has 0 radical (unpaired) electrons. The number of hydrogen-bond acceptors (Lipinski definition) is 4. The Kier molecular flexibility index (Phi) is 4.02. The van der Waals surface area contributed by atoms with E-state index in [1.54, 1.807) is 33.7 Å². The molecule has 9 nitrogen and oxygen atoms in total. The molecule has 0 aliphatic carbocycles. The van der Waals surface area contributed by atoms with Gasteiger partial charge in [-0.3, -0.25) is 14.2 Å². The second kappa shape index (κ2) is 5.91. The van der Waals surface area contributed by atoms with Crippen molar-refractivity contribution in [3.8, 4) is 11.3 Å². The van der Waals surface area contributed by atoms with Gasteiger partial charge in [-0.05, 0) is 20.8 Å². The van der Waals surface area contributed by atoms with E-state index in [1.807, 2.05) is 20.8 Å². The van der Waals surface area contributed by atoms with Crippen molar-refractivity contribution in [2.24, 2.45) is 12.8 Å². The van der Waals surface area contributed by atoms with Crippen LogP contribution < -0.4 is 11.1 Å². The fraction of sp³-hybridized carbons (Fsp3) is 0.500. The highest BCUT2D eigenvalue weighted by molar-refractivity contribution is 6.00. The smallest absolute Gasteiger partial charge is 0.318 e. The summed E-state index contributed by atoms with van der Waals surface area (Å²) in [7, 11) is 1.79. The zero-order valence-corrected chi connectivity index (χ0v) is 14.9. The molecule has 0 fully saturated rings. The van der Waals surface area contributed by atoms with E-state index in [1.165, 1.54) is 0 Å². The summed E-state index contributed by atoms with van der Waals surface area (Å²) in [4.78, 5) is 26.2. The zero-order chi connectivity index (χ0) is 18.4. The number of nitrogens with two attached hydrogens (primary N) is 1. The number of rotatable bonds is 2. The number of nitrogens with one attached hydrogen (secondary N) is 1. The number of amides is 3. The second-order valence-corrected chi connectivity index (χ2v) is 7.26. The van der Waals surface area contributed by atoms with E-state index in [0.717, 1.165) is 5.56 Å². The Balaban J connectivity index is 1.95. The predicted octanol–water partition coefficient (Wildman–Crippen LogP) is 0.706. The molecule has 9 heteroatoms. The molecule has 0 bridgehead atoms. The van der Waals surface area contributed by atoms with Gasteiger partial charge in [0.1, 0.15) is 5.69 Å². The van der Waals surface area contributed by atoms with Crippen LogP contribution in [0.1, 0.15) is 36.8 Å². The highest BCUT2D eigenvalue weighted by Crippen LogP contribution is 2.28. The summed E-state index contributed by atoms with van der Waals surface area (Å²) in [5.74, 6) is -0.557. The number of nitrogens with zero attached hydrogens (tertiary/aromatic N) is 5. The first-order valence-corrected chi connectivity index (χ1v) is 8.11. The quantitative estimate of drug-likeness (QED) is 0.835. The number of aryl methyl sites for hydroxylation is 1. The lowest BCUT2D eigenvalue weighted by atomic mass is 10.1. The summed E-state index contributed by atoms with van der Waals surface area (Å²) in [6.45, 7) is 7.08. The Bertz CT molecular complexity index is 828. The Morgan fingerprint density at radius 3 is 2.56 bits per heavy atom. The van der Waals surface area contributed by atoms with Gasteiger partial charge in [-0.15, -0.1) is 0 Å². The van der Waals surface area contributed by atoms with Crippen molar-refractivity contribution in [2.45, 2.75) is 39.4 Å². The molecule has 0 atom stereocenters. The van der Waals surface area contributed by atoms with Crippen molar-refractivity contribution >= 4 is 11.9 Å². The molecule has 2 aromatic heterocycles. The molecule has 0 spiro atoms. The van der Waals surface area contributed by atoms with Crippen molar-refractivity contribution in [3.05, 3.63) is 23.7 Å². The van der Waals surface area contributed by atoms with E-state index < -0.39 is 5.91 Å². The minimum absolute atomic E-state index is 0.168. The molecule has 134 valence electrons. The zero-order valence-electron chi connectivity index (χ0n) is 14.9. The molecule has 3 N–H and O–H groups in total. The van der Waals surface area contributed by atoms with E-state index in [2.05, 4.69) is 15.5 Å². The molecule has 3 heterocycles. The Morgan fingerprint density at radius 2 is 2.00 bits per heavy atom. The molecule has 1 aliphatic heterocycles. The summed E-state index contributed by atoms with van der Waals surface area (Å²) in [6.07, 6.45) is 3.43. The normalized spacial score (nSPS) is 14.3. The lowest BCUT2D eigenvalue weighted by Crippen LogP contribution is -2.50. The number of urea groups is 1. The summed E-state index contributed by atoms with van der Waals surface area (Å²) >= 11 is 0. The molecule has 1 aliphatic rings. The van der Waals surface area contributed by atoms with Gasteiger partial charge in [0.15, 0.2) is 0 Å². The average molecular weight is 345 g/mol. The number of aromatic nitrogens is 4. The number of carbonyl (C=O) groups is 2. The van der Waals surface area contributed by atoms with Crippen LogP contribution in [0.25, 0.3) is 11.3 Å². The fourth-order valence-electron chi connectivity index (χ4n) is 2.90. The first kappa shape index (κ1) is 17.0. The molecule has 3 rings (SSSR count). The van der Waals surface area contributed by atoms with E-state index in [-0.39, 0.29) is 18.1 Å². The maximum Gasteiger partial charge on any atom is 0.318 e. The summed E-state index contributed by atoms with van der Waals surface area (Å²) in [6, 6.07) is -0.168.